The molecule has 2 aromatic rings. The molecule has 0 bridgehead atoms. The largest absolute Gasteiger partial charge is 0.482 e. The Kier molecular flexibility index (Phi) is 6.33. The van der Waals surface area contributed by atoms with Crippen molar-refractivity contribution in [2.75, 3.05) is 13.2 Å². The van der Waals surface area contributed by atoms with E-state index in [1.54, 1.807) is 36.4 Å². The third-order valence-corrected chi connectivity index (χ3v) is 5.53. The van der Waals surface area contributed by atoms with Gasteiger partial charge in [0.15, 0.2) is 6.61 Å². The Hall–Kier alpha value is -3.44. The number of esters is 1. The van der Waals surface area contributed by atoms with Gasteiger partial charge in [0.25, 0.3) is 0 Å². The van der Waals surface area contributed by atoms with Gasteiger partial charge in [-0.05, 0) is 35.4 Å². The zero-order valence-corrected chi connectivity index (χ0v) is 16.4. The Morgan fingerprint density at radius 2 is 1.67 bits per heavy atom. The quantitative estimate of drug-likeness (QED) is 0.579. The molecular formula is C19H18N2O8S. The van der Waals surface area contributed by atoms with Gasteiger partial charge >= 0.3 is 22.1 Å². The van der Waals surface area contributed by atoms with Crippen molar-refractivity contribution >= 4 is 28.1 Å². The van der Waals surface area contributed by atoms with E-state index in [-0.39, 0.29) is 19.7 Å². The van der Waals surface area contributed by atoms with Crippen molar-refractivity contribution in [3.63, 3.8) is 0 Å². The van der Waals surface area contributed by atoms with Gasteiger partial charge in [0.1, 0.15) is 12.4 Å². The number of hydrogen-bond acceptors (Lipinski definition) is 7. The van der Waals surface area contributed by atoms with E-state index in [4.69, 9.17) is 14.6 Å². The number of nitrogens with one attached hydrogen (secondary N) is 1. The molecule has 0 radical (unpaired) electrons. The number of hydrogen-bond donors (Lipinski definition) is 2. The van der Waals surface area contributed by atoms with E-state index in [9.17, 15) is 22.8 Å². The molecule has 0 aliphatic carbocycles. The van der Waals surface area contributed by atoms with Crippen molar-refractivity contribution in [2.45, 2.75) is 13.2 Å². The van der Waals surface area contributed by atoms with Crippen LogP contribution in [0.25, 0.3) is 0 Å². The average Bonchev–Trinajstić information content (AvgIpc) is 2.96. The van der Waals surface area contributed by atoms with Crippen molar-refractivity contribution in [3.8, 4) is 5.75 Å². The topological polar surface area (TPSA) is 139 Å². The summed E-state index contributed by atoms with van der Waals surface area (Å²) in [5.41, 5.74) is 1.60. The Balaban J connectivity index is 1.52. The van der Waals surface area contributed by atoms with E-state index in [0.29, 0.717) is 22.4 Å². The van der Waals surface area contributed by atoms with Gasteiger partial charge in [-0.25, -0.2) is 14.3 Å². The van der Waals surface area contributed by atoms with Crippen LogP contribution in [0.15, 0.2) is 48.5 Å². The molecule has 2 aromatic carbocycles. The van der Waals surface area contributed by atoms with Crippen LogP contribution in [0.1, 0.15) is 21.5 Å². The molecule has 1 aliphatic rings. The summed E-state index contributed by atoms with van der Waals surface area (Å²) in [5.74, 6) is -1.83. The van der Waals surface area contributed by atoms with E-state index in [1.807, 2.05) is 4.72 Å². The monoisotopic (exact) mass is 434 g/mol. The molecule has 2 N–H and O–H groups in total. The predicted octanol–water partition coefficient (Wildman–Crippen LogP) is 0.684. The first-order chi connectivity index (χ1) is 14.2. The van der Waals surface area contributed by atoms with E-state index in [1.165, 1.54) is 12.1 Å². The highest BCUT2D eigenvalue weighted by molar-refractivity contribution is 7.88. The molecule has 0 aromatic heterocycles. The van der Waals surface area contributed by atoms with E-state index >= 15 is 0 Å². The summed E-state index contributed by atoms with van der Waals surface area (Å²) in [6.45, 7) is -0.667. The Morgan fingerprint density at radius 3 is 2.23 bits per heavy atom. The number of carboxylic acid groups (broad SMARTS) is 1. The lowest BCUT2D eigenvalue weighted by Gasteiger charge is -2.12. The zero-order chi connectivity index (χ0) is 21.7. The maximum absolute atomic E-state index is 12.2. The molecule has 0 spiro atoms. The summed E-state index contributed by atoms with van der Waals surface area (Å²) in [6, 6.07) is 12.7. The second-order valence-corrected chi connectivity index (χ2v) is 8.07. The summed E-state index contributed by atoms with van der Waals surface area (Å²) in [7, 11) is -3.81. The summed E-state index contributed by atoms with van der Waals surface area (Å²) in [6.07, 6.45) is 0. The Labute approximate surface area is 172 Å². The minimum Gasteiger partial charge on any atom is -0.482 e. The van der Waals surface area contributed by atoms with Crippen molar-refractivity contribution in [1.82, 2.24) is 9.03 Å². The number of amides is 1. The molecular weight excluding hydrogens is 416 g/mol. The molecule has 0 saturated carbocycles. The Morgan fingerprint density at radius 1 is 1.03 bits per heavy atom. The maximum Gasteiger partial charge on any atom is 0.341 e. The van der Waals surface area contributed by atoms with Crippen LogP contribution in [0.3, 0.4) is 0 Å². The van der Waals surface area contributed by atoms with Crippen molar-refractivity contribution in [1.29, 1.82) is 0 Å². The predicted molar refractivity (Wildman–Crippen MR) is 103 cm³/mol. The van der Waals surface area contributed by atoms with Gasteiger partial charge in [0, 0.05) is 6.54 Å². The summed E-state index contributed by atoms with van der Waals surface area (Å²) in [5, 5.41) is 8.58. The van der Waals surface area contributed by atoms with Crippen molar-refractivity contribution in [2.24, 2.45) is 0 Å². The first kappa shape index (κ1) is 21.3. The molecule has 0 atom stereocenters. The maximum atomic E-state index is 12.2. The lowest BCUT2D eigenvalue weighted by molar-refractivity contribution is -0.139. The Bertz CT molecular complexity index is 1050. The number of rotatable bonds is 8. The van der Waals surface area contributed by atoms with Crippen LogP contribution < -0.4 is 9.46 Å². The molecule has 1 amide bonds. The summed E-state index contributed by atoms with van der Waals surface area (Å²) >= 11 is 0. The minimum atomic E-state index is -3.81. The number of ether oxygens (including phenoxy) is 2. The van der Waals surface area contributed by atoms with Crippen LogP contribution in [0.5, 0.6) is 5.75 Å². The van der Waals surface area contributed by atoms with Gasteiger partial charge in [-0.2, -0.15) is 12.7 Å². The lowest BCUT2D eigenvalue weighted by atomic mass is 10.1. The van der Waals surface area contributed by atoms with Crippen molar-refractivity contribution < 1.29 is 37.4 Å². The van der Waals surface area contributed by atoms with Crippen LogP contribution in [-0.4, -0.2) is 48.8 Å². The van der Waals surface area contributed by atoms with Crippen molar-refractivity contribution in [3.05, 3.63) is 65.2 Å². The van der Waals surface area contributed by atoms with E-state index in [2.05, 4.69) is 0 Å². The molecule has 1 saturated heterocycles. The fourth-order valence-electron chi connectivity index (χ4n) is 2.64. The standard InChI is InChI=1S/C19H18N2O8S/c22-17-10-21(30(26,27)20-17)9-13-1-5-15(6-2-13)19(25)29-11-14-3-7-16(8-4-14)28-12-18(23)24/h1-8H,9-12H2,(H,20,22)(H,23,24). The summed E-state index contributed by atoms with van der Waals surface area (Å²) in [4.78, 5) is 33.9. The van der Waals surface area contributed by atoms with Crippen LogP contribution >= 0.6 is 0 Å². The van der Waals surface area contributed by atoms with Gasteiger partial charge in [-0.3, -0.25) is 4.79 Å². The van der Waals surface area contributed by atoms with E-state index < -0.39 is 34.7 Å². The molecule has 158 valence electrons. The first-order valence-electron chi connectivity index (χ1n) is 8.73. The second kappa shape index (κ2) is 8.93. The number of carboxylic acids is 1. The lowest BCUT2D eigenvalue weighted by Crippen LogP contribution is -2.29. The molecule has 0 unspecified atom stereocenters. The number of carbonyl (C=O) groups excluding carboxylic acids is 2. The smallest absolute Gasteiger partial charge is 0.341 e. The van der Waals surface area contributed by atoms with Gasteiger partial charge in [-0.15, -0.1) is 0 Å². The number of carbonyl (C=O) groups is 3. The van der Waals surface area contributed by atoms with E-state index in [0.717, 1.165) is 4.31 Å². The van der Waals surface area contributed by atoms with Gasteiger partial charge in [-0.1, -0.05) is 24.3 Å². The zero-order valence-electron chi connectivity index (χ0n) is 15.6. The van der Waals surface area contributed by atoms with Crippen LogP contribution in [0, 0.1) is 0 Å². The molecule has 1 heterocycles. The molecule has 30 heavy (non-hydrogen) atoms. The average molecular weight is 434 g/mol. The van der Waals surface area contributed by atoms with Crippen LogP contribution in [-0.2, 0) is 37.7 Å². The highest BCUT2D eigenvalue weighted by Crippen LogP contribution is 2.16. The van der Waals surface area contributed by atoms with Gasteiger partial charge in [0.2, 0.25) is 5.91 Å². The van der Waals surface area contributed by atoms with Crippen LogP contribution in [0.2, 0.25) is 0 Å². The van der Waals surface area contributed by atoms with Gasteiger partial charge in [0.05, 0.1) is 12.1 Å². The molecule has 11 heteroatoms. The molecule has 3 rings (SSSR count). The molecule has 10 nitrogen and oxygen atoms in total. The highest BCUT2D eigenvalue weighted by Gasteiger charge is 2.33. The second-order valence-electron chi connectivity index (χ2n) is 6.40. The highest BCUT2D eigenvalue weighted by atomic mass is 32.2. The number of nitrogens with zero attached hydrogens (tertiary/aromatic N) is 1. The third-order valence-electron chi connectivity index (χ3n) is 4.11. The number of benzene rings is 2. The molecule has 1 fully saturated rings. The van der Waals surface area contributed by atoms with Gasteiger partial charge < -0.3 is 14.6 Å². The van der Waals surface area contributed by atoms with Crippen LogP contribution in [0.4, 0.5) is 0 Å². The minimum absolute atomic E-state index is 0.00665. The fraction of sp³-hybridized carbons (Fsp3) is 0.211. The first-order valence-corrected chi connectivity index (χ1v) is 10.2. The SMILES string of the molecule is O=C(O)COc1ccc(COC(=O)c2ccc(CN3CC(=O)NS3(=O)=O)cc2)cc1. The third kappa shape index (κ3) is 5.55. The summed E-state index contributed by atoms with van der Waals surface area (Å²) < 4.78 is 36.6. The fourth-order valence-corrected chi connectivity index (χ4v) is 3.72. The number of aliphatic carboxylic acids is 1. The normalized spacial score (nSPS) is 15.4. The molecule has 1 aliphatic heterocycles.